The zero-order valence-corrected chi connectivity index (χ0v) is 9.57. The molecule has 0 amide bonds. The standard InChI is InChI=1S/C12H17NS/c1-4-6-7-11-9-12(14)13(8-5-2)10(11)3/h5,7H,2-4,6,8-9H2,1H3/b11-7+. The normalized spacial score (nSPS) is 19.5. The first kappa shape index (κ1) is 11.2. The van der Waals surface area contributed by atoms with Crippen molar-refractivity contribution < 1.29 is 0 Å². The highest BCUT2D eigenvalue weighted by molar-refractivity contribution is 7.80. The van der Waals surface area contributed by atoms with E-state index in [-0.39, 0.29) is 0 Å². The molecule has 0 aromatic heterocycles. The summed E-state index contributed by atoms with van der Waals surface area (Å²) in [6.07, 6.45) is 7.27. The van der Waals surface area contributed by atoms with Gasteiger partial charge in [0.1, 0.15) is 0 Å². The third-order valence-corrected chi connectivity index (χ3v) is 2.70. The summed E-state index contributed by atoms with van der Waals surface area (Å²) >= 11 is 5.29. The lowest BCUT2D eigenvalue weighted by Gasteiger charge is -2.16. The SMILES string of the molecule is C=CCN1C(=C)/C(=C/CCC)CC1=S. The van der Waals surface area contributed by atoms with Gasteiger partial charge >= 0.3 is 0 Å². The highest BCUT2D eigenvalue weighted by Gasteiger charge is 2.23. The molecule has 0 bridgehead atoms. The van der Waals surface area contributed by atoms with Gasteiger partial charge in [-0.15, -0.1) is 6.58 Å². The van der Waals surface area contributed by atoms with E-state index in [1.807, 2.05) is 6.08 Å². The average molecular weight is 207 g/mol. The Kier molecular flexibility index (Phi) is 4.08. The molecule has 1 saturated heterocycles. The predicted molar refractivity (Wildman–Crippen MR) is 66.2 cm³/mol. The summed E-state index contributed by atoms with van der Waals surface area (Å²) in [6.45, 7) is 10.7. The number of hydrogen-bond donors (Lipinski definition) is 0. The van der Waals surface area contributed by atoms with Gasteiger partial charge in [-0.25, -0.2) is 0 Å². The molecule has 0 aromatic rings. The van der Waals surface area contributed by atoms with Crippen LogP contribution in [0, 0.1) is 0 Å². The fraction of sp³-hybridized carbons (Fsp3) is 0.417. The minimum atomic E-state index is 0.779. The molecule has 0 unspecified atom stereocenters. The summed E-state index contributed by atoms with van der Waals surface area (Å²) < 4.78 is 0. The number of thiocarbonyl (C=S) groups is 1. The Balaban J connectivity index is 2.73. The maximum Gasteiger partial charge on any atom is 0.0871 e. The van der Waals surface area contributed by atoms with Gasteiger partial charge in [0.25, 0.3) is 0 Å². The van der Waals surface area contributed by atoms with Crippen molar-refractivity contribution in [3.8, 4) is 0 Å². The van der Waals surface area contributed by atoms with Crippen molar-refractivity contribution in [1.82, 2.24) is 4.90 Å². The Morgan fingerprint density at radius 2 is 2.29 bits per heavy atom. The van der Waals surface area contributed by atoms with Crippen LogP contribution in [-0.2, 0) is 0 Å². The first-order valence-corrected chi connectivity index (χ1v) is 5.41. The van der Waals surface area contributed by atoms with E-state index in [0.29, 0.717) is 0 Å². The minimum absolute atomic E-state index is 0.779. The number of nitrogens with zero attached hydrogens (tertiary/aromatic N) is 1. The van der Waals surface area contributed by atoms with Crippen molar-refractivity contribution >= 4 is 17.2 Å². The molecule has 2 heteroatoms. The minimum Gasteiger partial charge on any atom is -0.332 e. The molecule has 14 heavy (non-hydrogen) atoms. The van der Waals surface area contributed by atoms with E-state index in [2.05, 4.69) is 31.1 Å². The van der Waals surface area contributed by atoms with Crippen LogP contribution in [0.25, 0.3) is 0 Å². The van der Waals surface area contributed by atoms with Crippen LogP contribution in [0.5, 0.6) is 0 Å². The molecule has 1 nitrogen and oxygen atoms in total. The van der Waals surface area contributed by atoms with Gasteiger partial charge in [0, 0.05) is 18.7 Å². The van der Waals surface area contributed by atoms with Crippen LogP contribution in [0.3, 0.4) is 0 Å². The van der Waals surface area contributed by atoms with Crippen LogP contribution < -0.4 is 0 Å². The number of rotatable bonds is 4. The van der Waals surface area contributed by atoms with Crippen LogP contribution in [-0.4, -0.2) is 16.4 Å². The van der Waals surface area contributed by atoms with Crippen molar-refractivity contribution in [3.05, 3.63) is 36.6 Å². The molecule has 0 atom stereocenters. The smallest absolute Gasteiger partial charge is 0.0871 e. The molecule has 0 spiro atoms. The van der Waals surface area contributed by atoms with Gasteiger partial charge in [0.05, 0.1) is 4.99 Å². The van der Waals surface area contributed by atoms with Gasteiger partial charge in [-0.05, 0) is 12.0 Å². The Labute approximate surface area is 91.8 Å². The van der Waals surface area contributed by atoms with Crippen LogP contribution in [0.15, 0.2) is 36.6 Å². The summed E-state index contributed by atoms with van der Waals surface area (Å²) in [7, 11) is 0. The van der Waals surface area contributed by atoms with Gasteiger partial charge in [-0.1, -0.05) is 44.3 Å². The Bertz CT molecular complexity index is 289. The van der Waals surface area contributed by atoms with E-state index in [1.54, 1.807) is 0 Å². The third-order valence-electron chi connectivity index (χ3n) is 2.33. The molecular weight excluding hydrogens is 190 g/mol. The van der Waals surface area contributed by atoms with Crippen molar-refractivity contribution in [2.45, 2.75) is 26.2 Å². The van der Waals surface area contributed by atoms with Crippen LogP contribution in [0.4, 0.5) is 0 Å². The zero-order chi connectivity index (χ0) is 10.6. The Hall–Kier alpha value is -0.890. The van der Waals surface area contributed by atoms with E-state index in [9.17, 15) is 0 Å². The quantitative estimate of drug-likeness (QED) is 0.513. The summed E-state index contributed by atoms with van der Waals surface area (Å²) in [5.41, 5.74) is 2.35. The second-order valence-electron chi connectivity index (χ2n) is 3.43. The highest BCUT2D eigenvalue weighted by atomic mass is 32.1. The van der Waals surface area contributed by atoms with Gasteiger partial charge in [-0.3, -0.25) is 0 Å². The molecule has 0 radical (unpaired) electrons. The molecule has 0 saturated carbocycles. The molecule has 1 heterocycles. The van der Waals surface area contributed by atoms with Gasteiger partial charge in [0.15, 0.2) is 0 Å². The topological polar surface area (TPSA) is 3.24 Å². The van der Waals surface area contributed by atoms with E-state index in [4.69, 9.17) is 12.2 Å². The fourth-order valence-corrected chi connectivity index (χ4v) is 1.87. The highest BCUT2D eigenvalue weighted by Crippen LogP contribution is 2.28. The number of likely N-dealkylation sites (tertiary alicyclic amines) is 1. The van der Waals surface area contributed by atoms with E-state index < -0.39 is 0 Å². The van der Waals surface area contributed by atoms with Crippen molar-refractivity contribution in [2.75, 3.05) is 6.54 Å². The number of allylic oxidation sites excluding steroid dienone is 2. The van der Waals surface area contributed by atoms with Gasteiger partial charge in [-0.2, -0.15) is 0 Å². The Morgan fingerprint density at radius 3 is 2.86 bits per heavy atom. The zero-order valence-electron chi connectivity index (χ0n) is 8.75. The Morgan fingerprint density at radius 1 is 1.57 bits per heavy atom. The summed E-state index contributed by atoms with van der Waals surface area (Å²) in [5.74, 6) is 0. The molecule has 1 fully saturated rings. The second kappa shape index (κ2) is 5.11. The monoisotopic (exact) mass is 207 g/mol. The maximum atomic E-state index is 5.29. The van der Waals surface area contributed by atoms with Gasteiger partial charge < -0.3 is 4.90 Å². The molecule has 1 rings (SSSR count). The lowest BCUT2D eigenvalue weighted by atomic mass is 10.1. The van der Waals surface area contributed by atoms with Crippen LogP contribution >= 0.6 is 12.2 Å². The van der Waals surface area contributed by atoms with E-state index >= 15 is 0 Å². The summed E-state index contributed by atoms with van der Waals surface area (Å²) in [4.78, 5) is 3.03. The average Bonchev–Trinajstić information content (AvgIpc) is 2.43. The predicted octanol–water partition coefficient (Wildman–Crippen LogP) is 3.45. The molecular formula is C12H17NS. The van der Waals surface area contributed by atoms with E-state index in [0.717, 1.165) is 30.1 Å². The molecule has 1 aliphatic heterocycles. The molecule has 0 aliphatic carbocycles. The van der Waals surface area contributed by atoms with E-state index in [1.165, 1.54) is 12.0 Å². The van der Waals surface area contributed by atoms with Crippen molar-refractivity contribution in [3.63, 3.8) is 0 Å². The number of hydrogen-bond acceptors (Lipinski definition) is 1. The summed E-state index contributed by atoms with van der Waals surface area (Å²) in [6, 6.07) is 0. The largest absolute Gasteiger partial charge is 0.332 e. The van der Waals surface area contributed by atoms with Crippen molar-refractivity contribution in [2.24, 2.45) is 0 Å². The molecule has 0 N–H and O–H groups in total. The molecule has 1 aliphatic rings. The fourth-order valence-electron chi connectivity index (χ4n) is 1.53. The lowest BCUT2D eigenvalue weighted by Crippen LogP contribution is -2.21. The van der Waals surface area contributed by atoms with Gasteiger partial charge in [0.2, 0.25) is 0 Å². The maximum absolute atomic E-state index is 5.29. The second-order valence-corrected chi connectivity index (χ2v) is 3.91. The molecule has 76 valence electrons. The molecule has 0 aromatic carbocycles. The van der Waals surface area contributed by atoms with Crippen LogP contribution in [0.1, 0.15) is 26.2 Å². The lowest BCUT2D eigenvalue weighted by molar-refractivity contribution is 0.615. The van der Waals surface area contributed by atoms with Crippen molar-refractivity contribution in [1.29, 1.82) is 0 Å². The van der Waals surface area contributed by atoms with Crippen LogP contribution in [0.2, 0.25) is 0 Å². The number of unbranched alkanes of at least 4 members (excludes halogenated alkanes) is 1. The third kappa shape index (κ3) is 2.32. The summed E-state index contributed by atoms with van der Waals surface area (Å²) in [5, 5.41) is 0. The first-order valence-electron chi connectivity index (χ1n) is 5.00. The first-order chi connectivity index (χ1) is 6.70.